The molecule has 4 nitrogen and oxygen atoms in total. The van der Waals surface area contributed by atoms with Crippen LogP contribution in [-0.4, -0.2) is 16.4 Å². The first-order chi connectivity index (χ1) is 0. The lowest BCUT2D eigenvalue weighted by atomic mass is 14.0. The van der Waals surface area contributed by atoms with E-state index in [0.717, 1.165) is 0 Å². The van der Waals surface area contributed by atoms with Gasteiger partial charge in [-0.3, -0.25) is 0 Å². The van der Waals surface area contributed by atoms with E-state index in [2.05, 4.69) is 0 Å². The lowest BCUT2D eigenvalue weighted by Crippen LogP contribution is -0.481. The molecule has 0 saturated carbocycles. The fraction of sp³-hybridized carbons (Fsp3) is 0. The van der Waals surface area contributed by atoms with Gasteiger partial charge in [-0.15, -0.1) is 0 Å². The molecule has 0 aliphatic heterocycles. The highest BCUT2D eigenvalue weighted by molar-refractivity contribution is 2.13. The molecule has 2 radical (unpaired) electrons. The molecule has 0 rings (SSSR count). The zero-order valence-corrected chi connectivity index (χ0v) is 1.79. The van der Waals surface area contributed by atoms with Gasteiger partial charge in [0.15, 0.2) is 0 Å². The summed E-state index contributed by atoms with van der Waals surface area (Å²) in [6.07, 6.45) is 0. The zero-order valence-electron chi connectivity index (χ0n) is 1.79. The van der Waals surface area contributed by atoms with Gasteiger partial charge in [-0.1, -0.05) is 0 Å². The second kappa shape index (κ2) is 39.0. The highest BCUT2D eigenvalue weighted by Crippen LogP contribution is -0.287. The van der Waals surface area contributed by atoms with Gasteiger partial charge in [0.2, 0.25) is 0 Å². The minimum Gasteiger partial charge on any atom is -0.870 e. The Morgan fingerprint density at radius 3 is 0.500 bits per heavy atom. The molecule has 0 atom stereocenters. The van der Waals surface area contributed by atoms with E-state index in [4.69, 9.17) is 0 Å². The van der Waals surface area contributed by atoms with E-state index in [0.29, 0.717) is 0 Å². The Hall–Kier alpha value is -0.410. The Morgan fingerprint density at radius 1 is 0.500 bits per heavy atom. The van der Waals surface area contributed by atoms with Gasteiger partial charge in [0.1, 0.15) is 0 Å². The second-order valence-electron chi connectivity index (χ2n) is 0. The Kier molecular flexibility index (Phi) is 1400. The number of rotatable bonds is 0. The van der Waals surface area contributed by atoms with E-state index in [1.165, 1.54) is 0 Å². The quantitative estimate of drug-likeness (QED) is 0.359. The summed E-state index contributed by atoms with van der Waals surface area (Å²) in [5.41, 5.74) is 0. The van der Waals surface area contributed by atoms with E-state index in [1.807, 2.05) is 0 Å². The largest absolute Gasteiger partial charge is 3.00 e. The molecule has 0 aliphatic carbocycles. The molecular weight excluding hydrogens is 62.0 g/mol. The van der Waals surface area contributed by atoms with Gasteiger partial charge in [0.25, 0.3) is 0 Å². The molecule has 4 heavy (non-hydrogen) atoms. The van der Waals surface area contributed by atoms with Crippen LogP contribution < -0.4 is 6.15 Å². The average molecular weight is 65.0 g/mol. The number of hydrogen-bond acceptors (Lipinski definition) is 3. The standard InChI is InChI=1S/N.3H2O/h;3*1H2/q+3;;;/p-3. The number of hydrogen-bond donors (Lipinski definition) is 0. The topological polar surface area (TPSA) is 120 Å². The summed E-state index contributed by atoms with van der Waals surface area (Å²) < 4.78 is 0. The van der Waals surface area contributed by atoms with Gasteiger partial charge in [-0.25, -0.2) is 0 Å². The first-order valence-electron chi connectivity index (χ1n) is 0. The van der Waals surface area contributed by atoms with Crippen LogP contribution in [0.5, 0.6) is 0 Å². The molecule has 4 heteroatoms. The Balaban J connectivity index is 0. The molecule has 0 unspecified atom stereocenters. The third-order valence-corrected chi connectivity index (χ3v) is 0. The van der Waals surface area contributed by atoms with Crippen molar-refractivity contribution < 1.29 is 16.4 Å². The molecule has 0 aromatic carbocycles. The normalized spacial score (nSPS) is 0. The van der Waals surface area contributed by atoms with Crippen LogP contribution in [0.15, 0.2) is 0 Å². The summed E-state index contributed by atoms with van der Waals surface area (Å²) in [5.74, 6) is 0. The Morgan fingerprint density at radius 2 is 0.500 bits per heavy atom. The lowest BCUT2D eigenvalue weighted by molar-refractivity contribution is 0.823. The first-order valence-corrected chi connectivity index (χ1v) is 0. The average Bonchev–Trinajstić information content (AvgIpc) is 0. The second-order valence-corrected chi connectivity index (χ2v) is 0. The van der Waals surface area contributed by atoms with Crippen molar-refractivity contribution in [1.29, 1.82) is 0 Å². The molecule has 0 heterocycles. The van der Waals surface area contributed by atoms with E-state index >= 15 is 0 Å². The molecule has 26 valence electrons. The maximum absolute atomic E-state index is 0. The summed E-state index contributed by atoms with van der Waals surface area (Å²) in [6.45, 7) is 0. The smallest absolute Gasteiger partial charge is 0.870 e. The maximum Gasteiger partial charge on any atom is 3.00 e. The minimum absolute atomic E-state index is 0. The van der Waals surface area contributed by atoms with Crippen molar-refractivity contribution in [2.75, 3.05) is 0 Å². The Bertz CT molecular complexity index is 3.25. The molecule has 0 bridgehead atoms. The van der Waals surface area contributed by atoms with Gasteiger partial charge < -0.3 is 16.4 Å². The maximum atomic E-state index is 0. The molecule has 0 aromatic heterocycles. The van der Waals surface area contributed by atoms with Crippen LogP contribution in [0, 0.1) is 0 Å². The van der Waals surface area contributed by atoms with Crippen LogP contribution in [0.3, 0.4) is 0 Å². The van der Waals surface area contributed by atoms with Gasteiger partial charge >= 0.3 is 6.15 Å². The van der Waals surface area contributed by atoms with Crippen molar-refractivity contribution in [3.63, 3.8) is 0 Å². The van der Waals surface area contributed by atoms with Crippen molar-refractivity contribution in [3.05, 3.63) is 0 Å². The zero-order chi connectivity index (χ0) is 0. The SMILES string of the molecule is [N+3].[OH-].[OH-].[OH-]. The van der Waals surface area contributed by atoms with E-state index < -0.39 is 0 Å². The summed E-state index contributed by atoms with van der Waals surface area (Å²) in [7, 11) is 0. The van der Waals surface area contributed by atoms with Crippen LogP contribution in [0.4, 0.5) is 0 Å². The van der Waals surface area contributed by atoms with Gasteiger partial charge in [-0.2, -0.15) is 0 Å². The monoisotopic (exact) mass is 65.0 g/mol. The van der Waals surface area contributed by atoms with Crippen molar-refractivity contribution in [1.82, 2.24) is 6.15 Å². The van der Waals surface area contributed by atoms with E-state index in [1.54, 1.807) is 0 Å². The number of nitrogens with zero attached hydrogens (tertiary/aromatic N) is 1. The highest BCUT2D eigenvalue weighted by atomic mass is 16.0. The Labute approximate surface area is 23.9 Å². The fourth-order valence-electron chi connectivity index (χ4n) is 0. The van der Waals surface area contributed by atoms with Crippen molar-refractivity contribution >= 4 is 0 Å². The van der Waals surface area contributed by atoms with Crippen molar-refractivity contribution in [3.8, 4) is 0 Å². The van der Waals surface area contributed by atoms with Crippen LogP contribution in [-0.2, 0) is 0 Å². The third-order valence-electron chi connectivity index (χ3n) is 0. The predicted octanol–water partition coefficient (Wildman–Crippen LogP) is -1.01. The molecule has 3 N–H and O–H groups in total. The molecule has 0 fully saturated rings. The van der Waals surface area contributed by atoms with Gasteiger partial charge in [0, 0.05) is 0 Å². The van der Waals surface area contributed by atoms with Crippen LogP contribution in [0.25, 0.3) is 0 Å². The highest BCUT2D eigenvalue weighted by Gasteiger charge is 3.00. The minimum atomic E-state index is 0. The van der Waals surface area contributed by atoms with Gasteiger partial charge in [-0.05, 0) is 0 Å². The lowest BCUT2D eigenvalue weighted by Gasteiger charge is -0.871. The first kappa shape index (κ1) is 143. The summed E-state index contributed by atoms with van der Waals surface area (Å²) in [5, 5.41) is 0. The van der Waals surface area contributed by atoms with Gasteiger partial charge in [0.05, 0.1) is 0 Å². The summed E-state index contributed by atoms with van der Waals surface area (Å²) >= 11 is 0. The molecule has 0 spiro atoms. The molecule has 0 aromatic rings. The van der Waals surface area contributed by atoms with Crippen LogP contribution >= 0.6 is 0 Å². The van der Waals surface area contributed by atoms with Crippen LogP contribution in [0.1, 0.15) is 0 Å². The third kappa shape index (κ3) is 3.29. The predicted molar refractivity (Wildman–Crippen MR) is 7.94 cm³/mol. The molecule has 0 saturated heterocycles. The van der Waals surface area contributed by atoms with E-state index in [9.17, 15) is 0 Å². The molecule has 0 aliphatic rings. The molecule has 0 amide bonds. The summed E-state index contributed by atoms with van der Waals surface area (Å²) in [4.78, 5) is 0. The molecular formula is H3NO3. The summed E-state index contributed by atoms with van der Waals surface area (Å²) in [6, 6.07) is 0. The van der Waals surface area contributed by atoms with E-state index in [-0.39, 0.29) is 22.6 Å². The van der Waals surface area contributed by atoms with Crippen molar-refractivity contribution in [2.45, 2.75) is 0 Å². The van der Waals surface area contributed by atoms with Crippen LogP contribution in [0.2, 0.25) is 0 Å². The fourth-order valence-corrected chi connectivity index (χ4v) is 0. The van der Waals surface area contributed by atoms with Crippen molar-refractivity contribution in [2.24, 2.45) is 0 Å².